The number of alkyl halides is 2. The summed E-state index contributed by atoms with van der Waals surface area (Å²) in [6.45, 7) is -1.01. The Kier molecular flexibility index (Phi) is 5.83. The number of fused-ring (bicyclic) bond motifs is 1. The molecule has 0 spiro atoms. The molecule has 3 rings (SSSR count). The van der Waals surface area contributed by atoms with E-state index >= 15 is 0 Å². The minimum atomic E-state index is -3.13. The van der Waals surface area contributed by atoms with Gasteiger partial charge in [0, 0.05) is 4.88 Å². The average molecular weight is 410 g/mol. The van der Waals surface area contributed by atoms with Crippen molar-refractivity contribution >= 4 is 28.2 Å². The van der Waals surface area contributed by atoms with Gasteiger partial charge >= 0.3 is 6.61 Å². The van der Waals surface area contributed by atoms with Crippen LogP contribution in [0.3, 0.4) is 0 Å². The summed E-state index contributed by atoms with van der Waals surface area (Å²) in [5.74, 6) is -1.21. The standard InChI is InChI=1S/C19H20F2N2O4S/c1-9-6-7-10-13(8-9)28-18(14(10)16(22)24)23-17(25)11-4-3-5-12(26-2)15(11)27-19(20)21/h3-5,9,19H,6-8H2,1-2H3,(H2,22,24)(H,23,25)/t9-/m0/s1. The van der Waals surface area contributed by atoms with Gasteiger partial charge in [0.1, 0.15) is 5.00 Å². The third-order valence-electron chi connectivity index (χ3n) is 4.64. The third-order valence-corrected chi connectivity index (χ3v) is 5.81. The number of carbonyl (C=O) groups is 2. The van der Waals surface area contributed by atoms with Gasteiger partial charge in [-0.3, -0.25) is 9.59 Å². The number of nitrogens with two attached hydrogens (primary N) is 1. The molecule has 0 saturated carbocycles. The molecule has 0 saturated heterocycles. The molecule has 1 aromatic carbocycles. The van der Waals surface area contributed by atoms with Gasteiger partial charge in [-0.15, -0.1) is 11.3 Å². The molecule has 1 aliphatic carbocycles. The van der Waals surface area contributed by atoms with E-state index in [1.54, 1.807) is 0 Å². The average Bonchev–Trinajstić information content (AvgIpc) is 2.98. The zero-order chi connectivity index (χ0) is 20.4. The summed E-state index contributed by atoms with van der Waals surface area (Å²) in [4.78, 5) is 25.8. The zero-order valence-corrected chi connectivity index (χ0v) is 16.2. The number of methoxy groups -OCH3 is 1. The van der Waals surface area contributed by atoms with Crippen LogP contribution in [0.4, 0.5) is 13.8 Å². The van der Waals surface area contributed by atoms with Crippen LogP contribution in [0.1, 0.15) is 44.5 Å². The molecule has 1 atom stereocenters. The summed E-state index contributed by atoms with van der Waals surface area (Å²) in [6, 6.07) is 4.24. The van der Waals surface area contributed by atoms with Crippen LogP contribution in [0.15, 0.2) is 18.2 Å². The Labute approximate surface area is 164 Å². The Hall–Kier alpha value is -2.68. The molecule has 3 N–H and O–H groups in total. The maximum Gasteiger partial charge on any atom is 0.387 e. The molecule has 0 radical (unpaired) electrons. The molecule has 2 aromatic rings. The van der Waals surface area contributed by atoms with E-state index in [-0.39, 0.29) is 17.1 Å². The summed E-state index contributed by atoms with van der Waals surface area (Å²) in [5.41, 5.74) is 6.57. The van der Waals surface area contributed by atoms with Crippen molar-refractivity contribution < 1.29 is 27.8 Å². The number of nitrogens with one attached hydrogen (secondary N) is 1. The molecule has 2 amide bonds. The van der Waals surface area contributed by atoms with Crippen LogP contribution in [-0.4, -0.2) is 25.5 Å². The summed E-state index contributed by atoms with van der Waals surface area (Å²) < 4.78 is 35.1. The summed E-state index contributed by atoms with van der Waals surface area (Å²) in [7, 11) is 1.29. The highest BCUT2D eigenvalue weighted by atomic mass is 32.1. The number of para-hydroxylation sites is 1. The molecule has 6 nitrogen and oxygen atoms in total. The molecule has 1 heterocycles. The van der Waals surface area contributed by atoms with Crippen molar-refractivity contribution in [3.8, 4) is 11.5 Å². The fraction of sp³-hybridized carbons (Fsp3) is 0.368. The minimum absolute atomic E-state index is 0.00220. The van der Waals surface area contributed by atoms with Crippen molar-refractivity contribution in [3.05, 3.63) is 39.8 Å². The predicted octanol–water partition coefficient (Wildman–Crippen LogP) is 3.83. The third kappa shape index (κ3) is 3.94. The van der Waals surface area contributed by atoms with Crippen LogP contribution >= 0.6 is 11.3 Å². The Bertz CT molecular complexity index is 914. The number of benzene rings is 1. The van der Waals surface area contributed by atoms with Crippen molar-refractivity contribution in [2.45, 2.75) is 32.8 Å². The molecule has 150 valence electrons. The van der Waals surface area contributed by atoms with Crippen molar-refractivity contribution in [2.24, 2.45) is 11.7 Å². The maximum atomic E-state index is 12.8. The van der Waals surface area contributed by atoms with Gasteiger partial charge in [-0.25, -0.2) is 0 Å². The van der Waals surface area contributed by atoms with Crippen LogP contribution in [-0.2, 0) is 12.8 Å². The molecule has 1 aliphatic rings. The normalized spacial score (nSPS) is 15.8. The lowest BCUT2D eigenvalue weighted by atomic mass is 9.88. The van der Waals surface area contributed by atoms with Crippen LogP contribution in [0.2, 0.25) is 0 Å². The Morgan fingerprint density at radius 1 is 1.36 bits per heavy atom. The maximum absolute atomic E-state index is 12.8. The fourth-order valence-corrected chi connectivity index (χ4v) is 4.75. The molecule has 0 unspecified atom stereocenters. The number of primary amides is 1. The number of halogens is 2. The SMILES string of the molecule is COc1cccc(C(=O)Nc2sc3c(c2C(N)=O)CC[C@H](C)C3)c1OC(F)F. The molecular formula is C19H20F2N2O4S. The molecule has 1 aromatic heterocycles. The Morgan fingerprint density at radius 3 is 2.75 bits per heavy atom. The number of amides is 2. The number of rotatable bonds is 6. The lowest BCUT2D eigenvalue weighted by Crippen LogP contribution is -2.20. The lowest BCUT2D eigenvalue weighted by Gasteiger charge is -2.18. The predicted molar refractivity (Wildman–Crippen MR) is 102 cm³/mol. The fourth-order valence-electron chi connectivity index (χ4n) is 3.34. The Morgan fingerprint density at radius 2 is 2.11 bits per heavy atom. The van der Waals surface area contributed by atoms with Gasteiger partial charge in [0.25, 0.3) is 11.8 Å². The van der Waals surface area contributed by atoms with Gasteiger partial charge in [-0.1, -0.05) is 13.0 Å². The second kappa shape index (κ2) is 8.14. The molecule has 0 bridgehead atoms. The van der Waals surface area contributed by atoms with E-state index in [2.05, 4.69) is 17.0 Å². The topological polar surface area (TPSA) is 90.6 Å². The first-order chi connectivity index (χ1) is 13.3. The van der Waals surface area contributed by atoms with Gasteiger partial charge in [0.15, 0.2) is 11.5 Å². The van der Waals surface area contributed by atoms with Gasteiger partial charge in [-0.2, -0.15) is 8.78 Å². The van der Waals surface area contributed by atoms with Crippen LogP contribution in [0.25, 0.3) is 0 Å². The first-order valence-electron chi connectivity index (χ1n) is 8.69. The van der Waals surface area contributed by atoms with Crippen LogP contribution in [0, 0.1) is 5.92 Å². The van der Waals surface area contributed by atoms with E-state index in [1.807, 2.05) is 0 Å². The van der Waals surface area contributed by atoms with E-state index in [1.165, 1.54) is 36.6 Å². The van der Waals surface area contributed by atoms with E-state index < -0.39 is 18.4 Å². The highest BCUT2D eigenvalue weighted by Crippen LogP contribution is 2.40. The summed E-state index contributed by atoms with van der Waals surface area (Å²) in [5, 5.41) is 2.97. The smallest absolute Gasteiger partial charge is 0.387 e. The van der Waals surface area contributed by atoms with Gasteiger partial charge < -0.3 is 20.5 Å². The van der Waals surface area contributed by atoms with Gasteiger partial charge in [0.05, 0.1) is 18.2 Å². The van der Waals surface area contributed by atoms with Gasteiger partial charge in [0.2, 0.25) is 0 Å². The second-order valence-corrected chi connectivity index (χ2v) is 7.69. The molecule has 28 heavy (non-hydrogen) atoms. The number of anilines is 1. The monoisotopic (exact) mass is 410 g/mol. The first-order valence-corrected chi connectivity index (χ1v) is 9.51. The Balaban J connectivity index is 1.97. The number of carbonyl (C=O) groups excluding carboxylic acids is 2. The lowest BCUT2D eigenvalue weighted by molar-refractivity contribution is -0.0515. The van der Waals surface area contributed by atoms with Crippen molar-refractivity contribution in [1.29, 1.82) is 0 Å². The number of ether oxygens (including phenoxy) is 2. The van der Waals surface area contributed by atoms with E-state index in [9.17, 15) is 18.4 Å². The molecule has 0 aliphatic heterocycles. The van der Waals surface area contributed by atoms with E-state index in [0.717, 1.165) is 23.3 Å². The summed E-state index contributed by atoms with van der Waals surface area (Å²) in [6.07, 6.45) is 2.44. The van der Waals surface area contributed by atoms with Crippen molar-refractivity contribution in [3.63, 3.8) is 0 Å². The van der Waals surface area contributed by atoms with E-state index in [0.29, 0.717) is 22.9 Å². The number of hydrogen-bond donors (Lipinski definition) is 2. The van der Waals surface area contributed by atoms with E-state index in [4.69, 9.17) is 10.5 Å². The second-order valence-electron chi connectivity index (χ2n) is 6.59. The van der Waals surface area contributed by atoms with Gasteiger partial charge in [-0.05, 0) is 42.9 Å². The highest BCUT2D eigenvalue weighted by Gasteiger charge is 2.28. The number of hydrogen-bond acceptors (Lipinski definition) is 5. The first kappa shape index (κ1) is 20.1. The molecule has 0 fully saturated rings. The minimum Gasteiger partial charge on any atom is -0.493 e. The quantitative estimate of drug-likeness (QED) is 0.757. The molecule has 9 heteroatoms. The number of thiophene rings is 1. The van der Waals surface area contributed by atoms with Crippen molar-refractivity contribution in [1.82, 2.24) is 0 Å². The van der Waals surface area contributed by atoms with Crippen LogP contribution in [0.5, 0.6) is 11.5 Å². The summed E-state index contributed by atoms with van der Waals surface area (Å²) >= 11 is 1.29. The van der Waals surface area contributed by atoms with Crippen molar-refractivity contribution in [2.75, 3.05) is 12.4 Å². The highest BCUT2D eigenvalue weighted by molar-refractivity contribution is 7.17. The molecular weight excluding hydrogens is 390 g/mol. The largest absolute Gasteiger partial charge is 0.493 e. The van der Waals surface area contributed by atoms with Crippen LogP contribution < -0.4 is 20.5 Å². The zero-order valence-electron chi connectivity index (χ0n) is 15.4.